The quantitative estimate of drug-likeness (QED) is 0.872. The summed E-state index contributed by atoms with van der Waals surface area (Å²) < 4.78 is 24.6. The maximum atomic E-state index is 12.0. The lowest BCUT2D eigenvalue weighted by Gasteiger charge is -2.09. The van der Waals surface area contributed by atoms with Crippen LogP contribution >= 0.6 is 11.6 Å². The minimum absolute atomic E-state index is 0.155. The Morgan fingerprint density at radius 2 is 1.91 bits per heavy atom. The van der Waals surface area contributed by atoms with Crippen LogP contribution < -0.4 is 10.0 Å². The summed E-state index contributed by atoms with van der Waals surface area (Å²) in [5.74, 6) is -0.301. The fraction of sp³-hybridized carbons (Fsp3) is 0.143. The number of benzene rings is 1. The standard InChI is InChI=1S/C14H14ClN3O3S/c1-22(20,21)18-13-3-2-11(8-12(13)15)14(19)17-9-10-4-6-16-7-5-10/h2-8,18H,9H2,1H3,(H,17,19). The molecule has 0 saturated heterocycles. The van der Waals surface area contributed by atoms with Crippen LogP contribution in [0.3, 0.4) is 0 Å². The molecule has 1 amide bonds. The SMILES string of the molecule is CS(=O)(=O)Nc1ccc(C(=O)NCc2ccncc2)cc1Cl. The molecule has 0 atom stereocenters. The van der Waals surface area contributed by atoms with Gasteiger partial charge in [0, 0.05) is 24.5 Å². The second-order valence-electron chi connectivity index (χ2n) is 4.61. The van der Waals surface area contributed by atoms with E-state index < -0.39 is 10.0 Å². The Morgan fingerprint density at radius 1 is 1.23 bits per heavy atom. The molecule has 1 aromatic heterocycles. The van der Waals surface area contributed by atoms with Crippen molar-refractivity contribution in [3.05, 3.63) is 58.9 Å². The fourth-order valence-electron chi connectivity index (χ4n) is 1.72. The predicted octanol–water partition coefficient (Wildman–Crippen LogP) is 2.04. The van der Waals surface area contributed by atoms with Crippen LogP contribution in [-0.2, 0) is 16.6 Å². The number of halogens is 1. The zero-order chi connectivity index (χ0) is 16.2. The van der Waals surface area contributed by atoms with Crippen molar-refractivity contribution in [2.24, 2.45) is 0 Å². The average molecular weight is 340 g/mol. The molecule has 2 rings (SSSR count). The molecule has 0 fully saturated rings. The monoisotopic (exact) mass is 339 g/mol. The van der Waals surface area contributed by atoms with E-state index in [1.807, 2.05) is 0 Å². The summed E-state index contributed by atoms with van der Waals surface area (Å²) in [7, 11) is -3.42. The van der Waals surface area contributed by atoms with Crippen molar-refractivity contribution in [2.75, 3.05) is 11.0 Å². The summed E-state index contributed by atoms with van der Waals surface area (Å²) in [5, 5.41) is 2.90. The molecule has 0 unspecified atom stereocenters. The fourth-order valence-corrected chi connectivity index (χ4v) is 2.59. The van der Waals surface area contributed by atoms with Gasteiger partial charge in [-0.1, -0.05) is 11.6 Å². The molecule has 0 radical (unpaired) electrons. The lowest BCUT2D eigenvalue weighted by molar-refractivity contribution is 0.0951. The van der Waals surface area contributed by atoms with Gasteiger partial charge in [0.1, 0.15) is 0 Å². The number of carbonyl (C=O) groups excluding carboxylic acids is 1. The van der Waals surface area contributed by atoms with Gasteiger partial charge in [0.05, 0.1) is 17.0 Å². The Balaban J connectivity index is 2.06. The highest BCUT2D eigenvalue weighted by atomic mass is 35.5. The number of nitrogens with zero attached hydrogens (tertiary/aromatic N) is 1. The van der Waals surface area contributed by atoms with Gasteiger partial charge in [0.2, 0.25) is 10.0 Å². The van der Waals surface area contributed by atoms with E-state index in [1.54, 1.807) is 24.5 Å². The third-order valence-corrected chi connectivity index (χ3v) is 3.63. The van der Waals surface area contributed by atoms with Crippen molar-refractivity contribution >= 4 is 33.2 Å². The van der Waals surface area contributed by atoms with Crippen molar-refractivity contribution in [3.8, 4) is 0 Å². The molecular formula is C14H14ClN3O3S. The van der Waals surface area contributed by atoms with E-state index in [9.17, 15) is 13.2 Å². The molecule has 0 aliphatic rings. The largest absolute Gasteiger partial charge is 0.348 e. The van der Waals surface area contributed by atoms with E-state index in [2.05, 4.69) is 15.0 Å². The van der Waals surface area contributed by atoms with E-state index >= 15 is 0 Å². The number of anilines is 1. The van der Waals surface area contributed by atoms with Crippen LogP contribution in [0.25, 0.3) is 0 Å². The molecule has 2 aromatic rings. The highest BCUT2D eigenvalue weighted by Gasteiger charge is 2.11. The zero-order valence-corrected chi connectivity index (χ0v) is 13.3. The molecule has 0 bridgehead atoms. The molecule has 0 aliphatic carbocycles. The highest BCUT2D eigenvalue weighted by Crippen LogP contribution is 2.23. The first-order valence-corrected chi connectivity index (χ1v) is 8.56. The summed E-state index contributed by atoms with van der Waals surface area (Å²) in [5.41, 5.74) is 1.50. The molecule has 116 valence electrons. The van der Waals surface area contributed by atoms with E-state index in [0.29, 0.717) is 12.1 Å². The first-order chi connectivity index (χ1) is 10.3. The molecule has 6 nitrogen and oxygen atoms in total. The Kier molecular flexibility index (Phi) is 4.99. The highest BCUT2D eigenvalue weighted by molar-refractivity contribution is 7.92. The summed E-state index contributed by atoms with van der Waals surface area (Å²) in [6.45, 7) is 0.363. The molecule has 0 saturated carbocycles. The lowest BCUT2D eigenvalue weighted by Crippen LogP contribution is -2.22. The number of amides is 1. The topological polar surface area (TPSA) is 88.2 Å². The molecule has 8 heteroatoms. The van der Waals surface area contributed by atoms with Gasteiger partial charge in [-0.15, -0.1) is 0 Å². The van der Waals surface area contributed by atoms with Crippen LogP contribution in [0.2, 0.25) is 5.02 Å². The van der Waals surface area contributed by atoms with E-state index in [-0.39, 0.29) is 16.6 Å². The van der Waals surface area contributed by atoms with Crippen LogP contribution in [-0.4, -0.2) is 25.6 Å². The third kappa shape index (κ3) is 4.71. The smallest absolute Gasteiger partial charge is 0.251 e. The van der Waals surface area contributed by atoms with E-state index in [4.69, 9.17) is 11.6 Å². The maximum Gasteiger partial charge on any atom is 0.251 e. The van der Waals surface area contributed by atoms with Crippen molar-refractivity contribution in [1.29, 1.82) is 0 Å². The van der Waals surface area contributed by atoms with Gasteiger partial charge in [-0.3, -0.25) is 14.5 Å². The number of hydrogen-bond donors (Lipinski definition) is 2. The van der Waals surface area contributed by atoms with Gasteiger partial charge in [-0.25, -0.2) is 8.42 Å². The van der Waals surface area contributed by atoms with Gasteiger partial charge in [0.15, 0.2) is 0 Å². The number of sulfonamides is 1. The number of pyridine rings is 1. The van der Waals surface area contributed by atoms with Gasteiger partial charge in [0.25, 0.3) is 5.91 Å². The van der Waals surface area contributed by atoms with Crippen LogP contribution in [0.5, 0.6) is 0 Å². The number of nitrogens with one attached hydrogen (secondary N) is 2. The molecule has 0 spiro atoms. The van der Waals surface area contributed by atoms with Gasteiger partial charge < -0.3 is 5.32 Å². The number of hydrogen-bond acceptors (Lipinski definition) is 4. The normalized spacial score (nSPS) is 11.0. The molecule has 1 aromatic carbocycles. The van der Waals surface area contributed by atoms with E-state index in [0.717, 1.165) is 11.8 Å². The second kappa shape index (κ2) is 6.76. The van der Waals surface area contributed by atoms with Crippen LogP contribution in [0.1, 0.15) is 15.9 Å². The summed E-state index contributed by atoms with van der Waals surface area (Å²) in [6, 6.07) is 7.96. The van der Waals surface area contributed by atoms with Gasteiger partial charge in [-0.2, -0.15) is 0 Å². The van der Waals surface area contributed by atoms with Gasteiger partial charge >= 0.3 is 0 Å². The second-order valence-corrected chi connectivity index (χ2v) is 6.76. The lowest BCUT2D eigenvalue weighted by atomic mass is 10.2. The summed E-state index contributed by atoms with van der Waals surface area (Å²) >= 11 is 5.98. The maximum absolute atomic E-state index is 12.0. The van der Waals surface area contributed by atoms with Gasteiger partial charge in [-0.05, 0) is 35.9 Å². The number of aromatic nitrogens is 1. The molecular weight excluding hydrogens is 326 g/mol. The zero-order valence-electron chi connectivity index (χ0n) is 11.7. The Labute approximate surface area is 133 Å². The first-order valence-electron chi connectivity index (χ1n) is 6.29. The molecule has 1 heterocycles. The summed E-state index contributed by atoms with van der Waals surface area (Å²) in [6.07, 6.45) is 4.31. The minimum atomic E-state index is -3.42. The van der Waals surface area contributed by atoms with Crippen LogP contribution in [0.4, 0.5) is 5.69 Å². The van der Waals surface area contributed by atoms with Crippen molar-refractivity contribution < 1.29 is 13.2 Å². The Bertz CT molecular complexity index is 779. The van der Waals surface area contributed by atoms with Crippen molar-refractivity contribution in [1.82, 2.24) is 10.3 Å². The summed E-state index contributed by atoms with van der Waals surface area (Å²) in [4.78, 5) is 15.9. The van der Waals surface area contributed by atoms with Crippen LogP contribution in [0.15, 0.2) is 42.7 Å². The van der Waals surface area contributed by atoms with Crippen LogP contribution in [0, 0.1) is 0 Å². The predicted molar refractivity (Wildman–Crippen MR) is 85.3 cm³/mol. The Morgan fingerprint density at radius 3 is 2.50 bits per heavy atom. The molecule has 22 heavy (non-hydrogen) atoms. The molecule has 0 aliphatic heterocycles. The number of carbonyl (C=O) groups is 1. The number of rotatable bonds is 5. The minimum Gasteiger partial charge on any atom is -0.348 e. The first kappa shape index (κ1) is 16.3. The van der Waals surface area contributed by atoms with Crippen molar-refractivity contribution in [3.63, 3.8) is 0 Å². The average Bonchev–Trinajstić information content (AvgIpc) is 2.46. The Hall–Kier alpha value is -2.12. The third-order valence-electron chi connectivity index (χ3n) is 2.73. The molecule has 2 N–H and O–H groups in total. The van der Waals surface area contributed by atoms with E-state index in [1.165, 1.54) is 18.2 Å². The van der Waals surface area contributed by atoms with Crippen molar-refractivity contribution in [2.45, 2.75) is 6.54 Å².